The zero-order chi connectivity index (χ0) is 8.97. The number of hydrogen-bond donors (Lipinski definition) is 1. The standard InChI is InChI=1S/C10H12NO.Y/c1-3-9-6-4-5-7-10(9)11-8(2)12;/h4-7H,2-3H2,1H3,(H,11,12);/q-1;+3. The molecule has 0 heterocycles. The summed E-state index contributed by atoms with van der Waals surface area (Å²) in [6.45, 7) is 5.31. The average molecular weight is 251 g/mol. The van der Waals surface area contributed by atoms with E-state index in [1.54, 1.807) is 0 Å². The number of aryl methyl sites for hydroxylation is 1. The van der Waals surface area contributed by atoms with E-state index < -0.39 is 0 Å². The molecule has 13 heavy (non-hydrogen) atoms. The van der Waals surface area contributed by atoms with Gasteiger partial charge in [-0.2, -0.15) is 0 Å². The van der Waals surface area contributed by atoms with Crippen LogP contribution in [0.3, 0.4) is 0 Å². The van der Waals surface area contributed by atoms with E-state index in [9.17, 15) is 4.79 Å². The van der Waals surface area contributed by atoms with Gasteiger partial charge in [-0.1, -0.05) is 25.1 Å². The molecular formula is C10H12NOY+2. The van der Waals surface area contributed by atoms with Crippen molar-refractivity contribution in [2.75, 3.05) is 5.32 Å². The molecule has 0 spiro atoms. The van der Waals surface area contributed by atoms with Gasteiger partial charge in [0.1, 0.15) is 0 Å². The predicted molar refractivity (Wildman–Crippen MR) is 49.8 cm³/mol. The van der Waals surface area contributed by atoms with E-state index in [0.717, 1.165) is 17.7 Å². The fourth-order valence-corrected chi connectivity index (χ4v) is 1.10. The van der Waals surface area contributed by atoms with E-state index in [1.807, 2.05) is 31.2 Å². The Morgan fingerprint density at radius 2 is 2.08 bits per heavy atom. The normalized spacial score (nSPS) is 8.69. The minimum absolute atomic E-state index is 0. The molecule has 1 amide bonds. The molecule has 2 nitrogen and oxygen atoms in total. The van der Waals surface area contributed by atoms with Crippen molar-refractivity contribution in [3.63, 3.8) is 0 Å². The fraction of sp³-hybridized carbons (Fsp3) is 0.200. The number of amides is 1. The largest absolute Gasteiger partial charge is 3.00 e. The van der Waals surface area contributed by atoms with Crippen LogP contribution in [0.1, 0.15) is 12.5 Å². The van der Waals surface area contributed by atoms with Crippen molar-refractivity contribution in [3.8, 4) is 0 Å². The quantitative estimate of drug-likeness (QED) is 0.800. The van der Waals surface area contributed by atoms with Gasteiger partial charge in [-0.15, -0.1) is 0 Å². The van der Waals surface area contributed by atoms with E-state index in [0.29, 0.717) is 0 Å². The van der Waals surface area contributed by atoms with Crippen LogP contribution >= 0.6 is 0 Å². The predicted octanol–water partition coefficient (Wildman–Crippen LogP) is 2.02. The molecule has 0 bridgehead atoms. The minimum atomic E-state index is -0.268. The van der Waals surface area contributed by atoms with E-state index in [2.05, 4.69) is 12.2 Å². The number of para-hydroxylation sites is 1. The van der Waals surface area contributed by atoms with Crippen LogP contribution in [0.5, 0.6) is 0 Å². The van der Waals surface area contributed by atoms with Gasteiger partial charge in [-0.05, 0) is 18.1 Å². The van der Waals surface area contributed by atoms with E-state index in [4.69, 9.17) is 0 Å². The minimum Gasteiger partial charge on any atom is -0.351 e. The summed E-state index contributed by atoms with van der Waals surface area (Å²) >= 11 is 0. The maximum Gasteiger partial charge on any atom is 3.00 e. The van der Waals surface area contributed by atoms with Crippen LogP contribution in [0, 0.1) is 6.92 Å². The Kier molecular flexibility index (Phi) is 6.01. The molecule has 0 atom stereocenters. The Hall–Kier alpha value is -0.336. The number of rotatable bonds is 2. The second-order valence-electron chi connectivity index (χ2n) is 2.56. The molecule has 1 aromatic carbocycles. The van der Waals surface area contributed by atoms with Gasteiger partial charge in [0.2, 0.25) is 0 Å². The zero-order valence-electron chi connectivity index (χ0n) is 7.71. The first kappa shape index (κ1) is 12.7. The van der Waals surface area contributed by atoms with Crippen LogP contribution in [-0.2, 0) is 43.9 Å². The molecule has 0 saturated carbocycles. The maximum absolute atomic E-state index is 10.7. The Morgan fingerprint density at radius 3 is 2.62 bits per heavy atom. The molecule has 0 radical (unpaired) electrons. The van der Waals surface area contributed by atoms with Crippen molar-refractivity contribution < 1.29 is 37.5 Å². The number of hydrogen-bond acceptors (Lipinski definition) is 1. The summed E-state index contributed by atoms with van der Waals surface area (Å²) in [6.07, 6.45) is 0.913. The van der Waals surface area contributed by atoms with Crippen molar-refractivity contribution in [2.24, 2.45) is 0 Å². The second kappa shape index (κ2) is 6.17. The van der Waals surface area contributed by atoms with Gasteiger partial charge in [0.25, 0.3) is 0 Å². The SMILES string of the molecule is [CH2-]C(=O)Nc1ccccc1CC.[Y+3]. The third-order valence-electron chi connectivity index (χ3n) is 1.67. The van der Waals surface area contributed by atoms with Gasteiger partial charge in [0, 0.05) is 5.69 Å². The Balaban J connectivity index is 0.00000144. The molecule has 3 heteroatoms. The molecule has 1 aromatic rings. The Bertz CT molecular complexity index is 286. The van der Waals surface area contributed by atoms with Crippen molar-refractivity contribution in [3.05, 3.63) is 36.8 Å². The zero-order valence-corrected chi connectivity index (χ0v) is 10.5. The third-order valence-corrected chi connectivity index (χ3v) is 1.67. The Morgan fingerprint density at radius 1 is 1.46 bits per heavy atom. The van der Waals surface area contributed by atoms with E-state index in [1.165, 1.54) is 0 Å². The Labute approximate surface area is 104 Å². The summed E-state index contributed by atoms with van der Waals surface area (Å²) in [5.41, 5.74) is 1.99. The van der Waals surface area contributed by atoms with Crippen molar-refractivity contribution in [1.29, 1.82) is 0 Å². The monoisotopic (exact) mass is 251 g/mol. The molecule has 0 aliphatic carbocycles. The molecule has 0 unspecified atom stereocenters. The van der Waals surface area contributed by atoms with Gasteiger partial charge in [-0.3, -0.25) is 0 Å². The summed E-state index contributed by atoms with van der Waals surface area (Å²) in [7, 11) is 0. The summed E-state index contributed by atoms with van der Waals surface area (Å²) < 4.78 is 0. The average Bonchev–Trinajstić information content (AvgIpc) is 2.04. The smallest absolute Gasteiger partial charge is 0.351 e. The molecule has 64 valence electrons. The number of anilines is 1. The van der Waals surface area contributed by atoms with Crippen LogP contribution < -0.4 is 5.32 Å². The first-order chi connectivity index (χ1) is 5.74. The number of carbonyl (C=O) groups is 1. The number of carbonyl (C=O) groups excluding carboxylic acids is 1. The van der Waals surface area contributed by atoms with Crippen LogP contribution in [0.25, 0.3) is 0 Å². The molecule has 0 aromatic heterocycles. The van der Waals surface area contributed by atoms with Crippen LogP contribution in [0.15, 0.2) is 24.3 Å². The maximum atomic E-state index is 10.7. The molecule has 1 N–H and O–H groups in total. The van der Waals surface area contributed by atoms with Gasteiger partial charge < -0.3 is 17.0 Å². The van der Waals surface area contributed by atoms with Crippen LogP contribution in [-0.4, -0.2) is 5.91 Å². The molecule has 1 rings (SSSR count). The van der Waals surface area contributed by atoms with Crippen molar-refractivity contribution >= 4 is 11.6 Å². The van der Waals surface area contributed by atoms with Crippen molar-refractivity contribution in [2.45, 2.75) is 13.3 Å². The number of benzene rings is 1. The summed E-state index contributed by atoms with van der Waals surface area (Å²) in [4.78, 5) is 10.7. The first-order valence-electron chi connectivity index (χ1n) is 3.95. The molecule has 0 saturated heterocycles. The number of nitrogens with one attached hydrogen (secondary N) is 1. The third kappa shape index (κ3) is 3.92. The molecule has 0 fully saturated rings. The summed E-state index contributed by atoms with van der Waals surface area (Å²) in [6, 6.07) is 7.72. The van der Waals surface area contributed by atoms with E-state index >= 15 is 0 Å². The molecule has 0 aliphatic heterocycles. The van der Waals surface area contributed by atoms with Crippen LogP contribution in [0.4, 0.5) is 5.69 Å². The summed E-state index contributed by atoms with van der Waals surface area (Å²) in [5, 5.41) is 2.67. The summed E-state index contributed by atoms with van der Waals surface area (Å²) in [5.74, 6) is -0.268. The van der Waals surface area contributed by atoms with Gasteiger partial charge in [-0.25, -0.2) is 0 Å². The van der Waals surface area contributed by atoms with Crippen molar-refractivity contribution in [1.82, 2.24) is 0 Å². The first-order valence-corrected chi connectivity index (χ1v) is 3.95. The molecular weight excluding hydrogens is 239 g/mol. The van der Waals surface area contributed by atoms with Gasteiger partial charge in [0.15, 0.2) is 0 Å². The second-order valence-corrected chi connectivity index (χ2v) is 2.56. The molecule has 0 aliphatic rings. The van der Waals surface area contributed by atoms with Crippen LogP contribution in [0.2, 0.25) is 0 Å². The van der Waals surface area contributed by atoms with Gasteiger partial charge >= 0.3 is 32.7 Å². The topological polar surface area (TPSA) is 29.1 Å². The van der Waals surface area contributed by atoms with E-state index in [-0.39, 0.29) is 38.6 Å². The fourth-order valence-electron chi connectivity index (χ4n) is 1.10. The van der Waals surface area contributed by atoms with Gasteiger partial charge in [0.05, 0.1) is 5.91 Å².